The van der Waals surface area contributed by atoms with Crippen molar-refractivity contribution in [1.82, 2.24) is 25.5 Å². The van der Waals surface area contributed by atoms with Crippen molar-refractivity contribution in [3.8, 4) is 5.69 Å². The number of tetrazole rings is 1. The Morgan fingerprint density at radius 3 is 2.67 bits per heavy atom. The number of aromatic nitrogens is 4. The van der Waals surface area contributed by atoms with E-state index in [1.54, 1.807) is 4.68 Å². The zero-order chi connectivity index (χ0) is 15.3. The van der Waals surface area contributed by atoms with Crippen LogP contribution in [0.1, 0.15) is 33.0 Å². The minimum absolute atomic E-state index is 0.455. The van der Waals surface area contributed by atoms with Gasteiger partial charge < -0.3 is 10.4 Å². The van der Waals surface area contributed by atoms with E-state index in [-0.39, 0.29) is 0 Å². The smallest absolute Gasteiger partial charge is 0.170 e. The normalized spacial score (nSPS) is 14.3. The molecule has 0 spiro atoms. The van der Waals surface area contributed by atoms with E-state index in [9.17, 15) is 5.11 Å². The Balaban J connectivity index is 1.95. The Morgan fingerprint density at radius 1 is 1.29 bits per heavy atom. The highest BCUT2D eigenvalue weighted by Crippen LogP contribution is 2.15. The fourth-order valence-corrected chi connectivity index (χ4v) is 2.48. The monoisotopic (exact) mass is 289 g/mol. The molecule has 0 amide bonds. The molecule has 0 aliphatic heterocycles. The summed E-state index contributed by atoms with van der Waals surface area (Å²) in [5, 5.41) is 25.3. The standard InChI is InChI=1S/C15H23N5O/c1-12(2)9-15(3,21)11-16-10-14-17-18-19-20(14)13-7-5-4-6-8-13/h4-8,12,16,21H,9-11H2,1-3H3. The van der Waals surface area contributed by atoms with Crippen LogP contribution in [0.2, 0.25) is 0 Å². The summed E-state index contributed by atoms with van der Waals surface area (Å²) < 4.78 is 1.70. The molecule has 114 valence electrons. The molecular weight excluding hydrogens is 266 g/mol. The molecule has 6 nitrogen and oxygen atoms in total. The summed E-state index contributed by atoms with van der Waals surface area (Å²) in [6.45, 7) is 7.07. The predicted octanol–water partition coefficient (Wildman–Crippen LogP) is 1.55. The van der Waals surface area contributed by atoms with Crippen LogP contribution in [0, 0.1) is 5.92 Å². The third kappa shape index (κ3) is 4.61. The van der Waals surface area contributed by atoms with E-state index in [0.29, 0.717) is 19.0 Å². The van der Waals surface area contributed by atoms with Crippen LogP contribution < -0.4 is 5.32 Å². The summed E-state index contributed by atoms with van der Waals surface area (Å²) in [5.41, 5.74) is 0.201. The molecule has 0 fully saturated rings. The maximum absolute atomic E-state index is 10.3. The van der Waals surface area contributed by atoms with Gasteiger partial charge in [-0.2, -0.15) is 4.68 Å². The van der Waals surface area contributed by atoms with Crippen molar-refractivity contribution < 1.29 is 5.11 Å². The first-order valence-electron chi connectivity index (χ1n) is 7.24. The average molecular weight is 289 g/mol. The van der Waals surface area contributed by atoms with Crippen LogP contribution in [0.15, 0.2) is 30.3 Å². The highest BCUT2D eigenvalue weighted by atomic mass is 16.3. The lowest BCUT2D eigenvalue weighted by Crippen LogP contribution is -2.39. The summed E-state index contributed by atoms with van der Waals surface area (Å²) in [7, 11) is 0. The lowest BCUT2D eigenvalue weighted by atomic mass is 9.94. The number of benzene rings is 1. The highest BCUT2D eigenvalue weighted by Gasteiger charge is 2.21. The molecule has 0 saturated heterocycles. The average Bonchev–Trinajstić information content (AvgIpc) is 2.86. The number of nitrogens with zero attached hydrogens (tertiary/aromatic N) is 4. The molecule has 6 heteroatoms. The van der Waals surface area contributed by atoms with Gasteiger partial charge in [0.25, 0.3) is 0 Å². The molecule has 0 aliphatic carbocycles. The van der Waals surface area contributed by atoms with Gasteiger partial charge in [-0.1, -0.05) is 32.0 Å². The van der Waals surface area contributed by atoms with Gasteiger partial charge in [0.1, 0.15) is 0 Å². The van der Waals surface area contributed by atoms with Crippen LogP contribution in [0.5, 0.6) is 0 Å². The highest BCUT2D eigenvalue weighted by molar-refractivity contribution is 5.30. The fourth-order valence-electron chi connectivity index (χ4n) is 2.48. The van der Waals surface area contributed by atoms with E-state index in [4.69, 9.17) is 0 Å². The van der Waals surface area contributed by atoms with Crippen LogP contribution in [0.3, 0.4) is 0 Å². The third-order valence-corrected chi connectivity index (χ3v) is 3.17. The first-order valence-corrected chi connectivity index (χ1v) is 7.24. The van der Waals surface area contributed by atoms with Crippen LogP contribution in [0.25, 0.3) is 5.69 Å². The van der Waals surface area contributed by atoms with E-state index >= 15 is 0 Å². The topological polar surface area (TPSA) is 75.9 Å². The Morgan fingerprint density at radius 2 is 2.00 bits per heavy atom. The number of nitrogens with one attached hydrogen (secondary N) is 1. The van der Waals surface area contributed by atoms with E-state index < -0.39 is 5.60 Å². The Hall–Kier alpha value is -1.79. The molecule has 21 heavy (non-hydrogen) atoms. The van der Waals surface area contributed by atoms with Crippen molar-refractivity contribution in [2.75, 3.05) is 6.54 Å². The minimum Gasteiger partial charge on any atom is -0.389 e. The second kappa shape index (κ2) is 6.78. The summed E-state index contributed by atoms with van der Waals surface area (Å²) in [5.74, 6) is 1.18. The molecule has 2 rings (SSSR count). The third-order valence-electron chi connectivity index (χ3n) is 3.17. The van der Waals surface area contributed by atoms with Gasteiger partial charge in [-0.05, 0) is 41.8 Å². The number of aliphatic hydroxyl groups is 1. The van der Waals surface area contributed by atoms with E-state index in [2.05, 4.69) is 34.7 Å². The summed E-state index contributed by atoms with van der Waals surface area (Å²) in [6.07, 6.45) is 0.754. The van der Waals surface area contributed by atoms with Crippen molar-refractivity contribution in [3.05, 3.63) is 36.2 Å². The quantitative estimate of drug-likeness (QED) is 0.809. The van der Waals surface area contributed by atoms with Crippen molar-refractivity contribution in [2.45, 2.75) is 39.3 Å². The molecule has 1 aromatic heterocycles. The molecule has 0 radical (unpaired) electrons. The zero-order valence-electron chi connectivity index (χ0n) is 12.8. The van der Waals surface area contributed by atoms with Crippen LogP contribution in [-0.2, 0) is 6.54 Å². The van der Waals surface area contributed by atoms with Crippen LogP contribution in [-0.4, -0.2) is 37.5 Å². The van der Waals surface area contributed by atoms with Gasteiger partial charge in [0.15, 0.2) is 5.82 Å². The summed E-state index contributed by atoms with van der Waals surface area (Å²) in [6, 6.07) is 9.75. The summed E-state index contributed by atoms with van der Waals surface area (Å²) in [4.78, 5) is 0. The number of para-hydroxylation sites is 1. The Bertz CT molecular complexity index is 550. The molecule has 2 N–H and O–H groups in total. The largest absolute Gasteiger partial charge is 0.389 e. The molecule has 0 saturated carbocycles. The number of hydrogen-bond acceptors (Lipinski definition) is 5. The van der Waals surface area contributed by atoms with Gasteiger partial charge in [0.2, 0.25) is 0 Å². The van der Waals surface area contributed by atoms with Gasteiger partial charge in [0.05, 0.1) is 17.8 Å². The molecule has 1 aromatic carbocycles. The van der Waals surface area contributed by atoms with Gasteiger partial charge in [-0.25, -0.2) is 0 Å². The van der Waals surface area contributed by atoms with Gasteiger partial charge in [0, 0.05) is 6.54 Å². The van der Waals surface area contributed by atoms with Crippen molar-refractivity contribution in [1.29, 1.82) is 0 Å². The fraction of sp³-hybridized carbons (Fsp3) is 0.533. The maximum atomic E-state index is 10.3. The van der Waals surface area contributed by atoms with E-state index in [0.717, 1.165) is 17.9 Å². The van der Waals surface area contributed by atoms with Crippen molar-refractivity contribution in [3.63, 3.8) is 0 Å². The first-order chi connectivity index (χ1) is 9.98. The van der Waals surface area contributed by atoms with E-state index in [1.165, 1.54) is 0 Å². The zero-order valence-corrected chi connectivity index (χ0v) is 12.8. The molecule has 0 bridgehead atoms. The number of rotatable bonds is 7. The van der Waals surface area contributed by atoms with Gasteiger partial charge in [-0.3, -0.25) is 0 Å². The second-order valence-corrected chi connectivity index (χ2v) is 6.04. The number of hydrogen-bond donors (Lipinski definition) is 2. The molecule has 1 unspecified atom stereocenters. The molecule has 0 aliphatic rings. The van der Waals surface area contributed by atoms with Crippen LogP contribution in [0.4, 0.5) is 0 Å². The van der Waals surface area contributed by atoms with Crippen molar-refractivity contribution >= 4 is 0 Å². The predicted molar refractivity (Wildman–Crippen MR) is 80.9 cm³/mol. The minimum atomic E-state index is -0.723. The maximum Gasteiger partial charge on any atom is 0.170 e. The van der Waals surface area contributed by atoms with E-state index in [1.807, 2.05) is 37.3 Å². The first kappa shape index (κ1) is 15.6. The summed E-state index contributed by atoms with van der Waals surface area (Å²) >= 11 is 0. The molecular formula is C15H23N5O. The van der Waals surface area contributed by atoms with Gasteiger partial charge in [-0.15, -0.1) is 5.10 Å². The molecule has 1 atom stereocenters. The lowest BCUT2D eigenvalue weighted by molar-refractivity contribution is 0.0381. The SMILES string of the molecule is CC(C)CC(C)(O)CNCc1nnnn1-c1ccccc1. The lowest BCUT2D eigenvalue weighted by Gasteiger charge is -2.25. The Kier molecular flexibility index (Phi) is 5.03. The molecule has 2 aromatic rings. The Labute approximate surface area is 125 Å². The van der Waals surface area contributed by atoms with Crippen molar-refractivity contribution in [2.24, 2.45) is 5.92 Å². The van der Waals surface area contributed by atoms with Gasteiger partial charge >= 0.3 is 0 Å². The van der Waals surface area contributed by atoms with Crippen LogP contribution >= 0.6 is 0 Å². The molecule has 1 heterocycles. The second-order valence-electron chi connectivity index (χ2n) is 6.04.